The molecule has 0 atom stereocenters. The third-order valence-corrected chi connectivity index (χ3v) is 14.3. The number of benzene rings is 11. The minimum atomic E-state index is 0.544. The maximum atomic E-state index is 6.74. The van der Waals surface area contributed by atoms with Crippen LogP contribution >= 0.6 is 0 Å². The van der Waals surface area contributed by atoms with Crippen molar-refractivity contribution in [3.8, 4) is 56.7 Å². The molecule has 0 aliphatic carbocycles. The summed E-state index contributed by atoms with van der Waals surface area (Å²) >= 11 is 0. The molecular weight excluding hydrogens is 867 g/mol. The molecule has 0 bridgehead atoms. The minimum Gasteiger partial charge on any atom is -0.456 e. The van der Waals surface area contributed by atoms with Gasteiger partial charge in [-0.05, 0) is 99.4 Å². The molecule has 11 aromatic carbocycles. The van der Waals surface area contributed by atoms with E-state index in [2.05, 4.69) is 228 Å². The van der Waals surface area contributed by atoms with E-state index in [0.29, 0.717) is 17.5 Å². The van der Waals surface area contributed by atoms with Gasteiger partial charge in [0.05, 0.1) is 33.3 Å². The van der Waals surface area contributed by atoms with Crippen molar-refractivity contribution in [3.63, 3.8) is 0 Å². The molecule has 15 rings (SSSR count). The Balaban J connectivity index is 1.09. The highest BCUT2D eigenvalue weighted by Crippen LogP contribution is 2.46. The smallest absolute Gasteiger partial charge is 0.166 e. The topological polar surface area (TPSA) is 61.7 Å². The van der Waals surface area contributed by atoms with Crippen molar-refractivity contribution in [2.45, 2.75) is 0 Å². The van der Waals surface area contributed by atoms with Crippen LogP contribution in [0.3, 0.4) is 0 Å². The van der Waals surface area contributed by atoms with Crippen molar-refractivity contribution in [3.05, 3.63) is 237 Å². The van der Waals surface area contributed by atoms with Crippen LogP contribution in [0.4, 0.5) is 0 Å². The molecule has 6 heteroatoms. The van der Waals surface area contributed by atoms with Gasteiger partial charge in [-0.2, -0.15) is 0 Å². The fourth-order valence-electron chi connectivity index (χ4n) is 11.2. The third kappa shape index (κ3) is 6.05. The molecule has 15 aromatic rings. The van der Waals surface area contributed by atoms with Gasteiger partial charge in [-0.25, -0.2) is 15.0 Å². The molecule has 0 radical (unpaired) electrons. The van der Waals surface area contributed by atoms with Gasteiger partial charge in [0, 0.05) is 49.1 Å². The number of aromatic nitrogens is 5. The summed E-state index contributed by atoms with van der Waals surface area (Å²) in [4.78, 5) is 16.8. The summed E-state index contributed by atoms with van der Waals surface area (Å²) in [6.45, 7) is 0. The van der Waals surface area contributed by atoms with Gasteiger partial charge in [-0.15, -0.1) is 0 Å². The lowest BCUT2D eigenvalue weighted by atomic mass is 10.0. The molecule has 0 fully saturated rings. The highest BCUT2D eigenvalue weighted by Gasteiger charge is 2.26. The Labute approximate surface area is 407 Å². The average molecular weight is 906 g/mol. The third-order valence-electron chi connectivity index (χ3n) is 14.3. The highest BCUT2D eigenvalue weighted by molar-refractivity contribution is 6.24. The van der Waals surface area contributed by atoms with Gasteiger partial charge in [-0.3, -0.25) is 0 Å². The molecule has 0 amide bonds. The maximum Gasteiger partial charge on any atom is 0.166 e. The lowest BCUT2D eigenvalue weighted by Crippen LogP contribution is -2.04. The molecule has 4 heterocycles. The number of para-hydroxylation sites is 3. The Morgan fingerprint density at radius 3 is 1.80 bits per heavy atom. The summed E-state index contributed by atoms with van der Waals surface area (Å²) in [5.41, 5.74) is 12.8. The molecule has 0 N–H and O–H groups in total. The molecular formula is C65H39N5O. The summed E-state index contributed by atoms with van der Waals surface area (Å²) in [7, 11) is 0. The minimum absolute atomic E-state index is 0.544. The van der Waals surface area contributed by atoms with E-state index in [4.69, 9.17) is 19.4 Å². The first-order valence-corrected chi connectivity index (χ1v) is 24.0. The van der Waals surface area contributed by atoms with Crippen LogP contribution in [0.1, 0.15) is 0 Å². The molecule has 0 aliphatic heterocycles. The van der Waals surface area contributed by atoms with Crippen molar-refractivity contribution in [1.82, 2.24) is 24.1 Å². The molecule has 0 unspecified atom stereocenters. The summed E-state index contributed by atoms with van der Waals surface area (Å²) in [5.74, 6) is 1.69. The van der Waals surface area contributed by atoms with Crippen LogP contribution in [0.25, 0.3) is 144 Å². The largest absolute Gasteiger partial charge is 0.456 e. The molecule has 4 aromatic heterocycles. The maximum absolute atomic E-state index is 6.74. The summed E-state index contributed by atoms with van der Waals surface area (Å²) < 4.78 is 11.5. The first kappa shape index (κ1) is 39.4. The van der Waals surface area contributed by atoms with E-state index in [1.807, 2.05) is 18.2 Å². The fourth-order valence-corrected chi connectivity index (χ4v) is 11.2. The molecule has 71 heavy (non-hydrogen) atoms. The standard InChI is InChI=1S/C65H39N5O/c1-3-17-40(18-4-1)42-22-15-23-45(37-42)63-66-64(50-29-16-31-53-60(50)48-27-11-13-30-52(48)69(53)46-24-5-2-6-25-46)68-65(67-63)62-55(35-36-58-61(62)49-28-12-14-32-57(49)71-58)70-54-34-33-41-19-9-10-26-47(41)59(54)51-38-43-20-7-8-21-44(43)39-56(51)70/h1-39H. The van der Waals surface area contributed by atoms with Gasteiger partial charge in [0.2, 0.25) is 0 Å². The van der Waals surface area contributed by atoms with Crippen LogP contribution in [0, 0.1) is 0 Å². The second-order valence-corrected chi connectivity index (χ2v) is 18.3. The quantitative estimate of drug-likeness (QED) is 0.167. The lowest BCUT2D eigenvalue weighted by Gasteiger charge is -2.16. The van der Waals surface area contributed by atoms with Crippen LogP contribution in [0.5, 0.6) is 0 Å². The van der Waals surface area contributed by atoms with Crippen molar-refractivity contribution in [2.24, 2.45) is 0 Å². The van der Waals surface area contributed by atoms with Gasteiger partial charge in [0.25, 0.3) is 0 Å². The van der Waals surface area contributed by atoms with E-state index in [1.165, 1.54) is 26.9 Å². The molecule has 6 nitrogen and oxygen atoms in total. The van der Waals surface area contributed by atoms with Crippen molar-refractivity contribution in [2.75, 3.05) is 0 Å². The molecule has 0 aliphatic rings. The first-order valence-electron chi connectivity index (χ1n) is 24.0. The van der Waals surface area contributed by atoms with Gasteiger partial charge < -0.3 is 13.6 Å². The van der Waals surface area contributed by atoms with Crippen LogP contribution in [-0.2, 0) is 0 Å². The van der Waals surface area contributed by atoms with E-state index in [1.54, 1.807) is 0 Å². The molecule has 0 spiro atoms. The summed E-state index contributed by atoms with van der Waals surface area (Å²) in [5, 5.41) is 11.2. The Hall–Kier alpha value is -9.65. The van der Waals surface area contributed by atoms with Gasteiger partial charge >= 0.3 is 0 Å². The molecule has 0 saturated heterocycles. The zero-order valence-corrected chi connectivity index (χ0v) is 38.2. The zero-order valence-electron chi connectivity index (χ0n) is 38.2. The number of hydrogen-bond acceptors (Lipinski definition) is 4. The SMILES string of the molecule is c1ccc(-c2cccc(-c3nc(-c4c(-n5c6cc7ccccc7cc6c6c7ccccc7ccc65)ccc5oc6ccccc6c45)nc(-c4cccc5c4c4ccccc4n5-c4ccccc4)n3)c2)cc1. The fraction of sp³-hybridized carbons (Fsp3) is 0. The predicted octanol–water partition coefficient (Wildman–Crippen LogP) is 16.9. The van der Waals surface area contributed by atoms with Crippen molar-refractivity contribution in [1.29, 1.82) is 0 Å². The van der Waals surface area contributed by atoms with Crippen LogP contribution in [-0.4, -0.2) is 24.1 Å². The van der Waals surface area contributed by atoms with E-state index in [9.17, 15) is 0 Å². The summed E-state index contributed by atoms with van der Waals surface area (Å²) in [6.07, 6.45) is 0. The second-order valence-electron chi connectivity index (χ2n) is 18.3. The normalized spacial score (nSPS) is 11.9. The van der Waals surface area contributed by atoms with Crippen molar-refractivity contribution >= 4 is 87.1 Å². The van der Waals surface area contributed by atoms with Gasteiger partial charge in [-0.1, -0.05) is 170 Å². The van der Waals surface area contributed by atoms with Gasteiger partial charge in [0.15, 0.2) is 17.5 Å². The molecule has 0 saturated carbocycles. The van der Waals surface area contributed by atoms with Crippen LogP contribution < -0.4 is 0 Å². The number of fused-ring (bicyclic) bond motifs is 12. The van der Waals surface area contributed by atoms with Crippen molar-refractivity contribution < 1.29 is 4.42 Å². The second kappa shape index (κ2) is 15.4. The number of rotatable bonds is 6. The first-order chi connectivity index (χ1) is 35.2. The Morgan fingerprint density at radius 1 is 0.310 bits per heavy atom. The molecule has 330 valence electrons. The van der Waals surface area contributed by atoms with E-state index in [-0.39, 0.29) is 0 Å². The number of hydrogen-bond donors (Lipinski definition) is 0. The monoisotopic (exact) mass is 905 g/mol. The average Bonchev–Trinajstić information content (AvgIpc) is 4.10. The van der Waals surface area contributed by atoms with Crippen LogP contribution in [0.15, 0.2) is 241 Å². The van der Waals surface area contributed by atoms with E-state index >= 15 is 0 Å². The Morgan fingerprint density at radius 2 is 0.944 bits per heavy atom. The van der Waals surface area contributed by atoms with Crippen LogP contribution in [0.2, 0.25) is 0 Å². The predicted molar refractivity (Wildman–Crippen MR) is 293 cm³/mol. The van der Waals surface area contributed by atoms with E-state index < -0.39 is 0 Å². The van der Waals surface area contributed by atoms with E-state index in [0.717, 1.165) is 99.4 Å². The Kier molecular flexibility index (Phi) is 8.56. The highest BCUT2D eigenvalue weighted by atomic mass is 16.3. The number of nitrogens with zero attached hydrogens (tertiary/aromatic N) is 5. The zero-order chi connectivity index (χ0) is 46.6. The summed E-state index contributed by atoms with van der Waals surface area (Å²) in [6, 6.07) is 83.8. The number of furan rings is 1. The van der Waals surface area contributed by atoms with Gasteiger partial charge in [0.1, 0.15) is 11.2 Å². The Bertz CT molecular complexity index is 4640. The lowest BCUT2D eigenvalue weighted by molar-refractivity contribution is 0.669.